The summed E-state index contributed by atoms with van der Waals surface area (Å²) in [6.45, 7) is 3.50. The number of fused-ring (bicyclic) bond motifs is 2. The van der Waals surface area contributed by atoms with Crippen LogP contribution in [0.15, 0.2) is 30.6 Å². The number of hydrogen-bond acceptors (Lipinski definition) is 6. The van der Waals surface area contributed by atoms with E-state index < -0.39 is 0 Å². The summed E-state index contributed by atoms with van der Waals surface area (Å²) >= 11 is 0. The fraction of sp³-hybridized carbons (Fsp3) is 0.389. The highest BCUT2D eigenvalue weighted by Gasteiger charge is 2.23. The maximum Gasteiger partial charge on any atom is 0.229 e. The second-order valence-electron chi connectivity index (χ2n) is 6.85. The molecule has 5 rings (SSSR count). The lowest BCUT2D eigenvalue weighted by Gasteiger charge is -2.26. The molecule has 25 heavy (non-hydrogen) atoms. The predicted molar refractivity (Wildman–Crippen MR) is 94.9 cm³/mol. The van der Waals surface area contributed by atoms with Crippen molar-refractivity contribution in [1.82, 2.24) is 24.6 Å². The first-order valence-electron chi connectivity index (χ1n) is 8.62. The number of nitrogens with zero attached hydrogens (tertiary/aromatic N) is 5. The molecule has 1 N–H and O–H groups in total. The van der Waals surface area contributed by atoms with E-state index in [9.17, 15) is 0 Å². The molecule has 0 atom stereocenters. The van der Waals surface area contributed by atoms with Crippen molar-refractivity contribution in [2.75, 3.05) is 32.1 Å². The molecule has 1 saturated heterocycles. The second-order valence-corrected chi connectivity index (χ2v) is 6.85. The number of anilines is 2. The van der Waals surface area contributed by atoms with Crippen LogP contribution in [-0.4, -0.2) is 51.5 Å². The molecule has 0 spiro atoms. The van der Waals surface area contributed by atoms with Crippen LogP contribution in [0.25, 0.3) is 11.0 Å². The molecule has 0 unspecified atom stereocenters. The molecule has 0 radical (unpaired) electrons. The number of benzene rings is 1. The average molecular weight is 336 g/mol. The van der Waals surface area contributed by atoms with Crippen molar-refractivity contribution in [2.45, 2.75) is 19.0 Å². The monoisotopic (exact) mass is 336 g/mol. The molecule has 0 saturated carbocycles. The van der Waals surface area contributed by atoms with Crippen molar-refractivity contribution in [3.8, 4) is 0 Å². The van der Waals surface area contributed by atoms with Crippen molar-refractivity contribution in [1.29, 1.82) is 0 Å². The Morgan fingerprint density at radius 1 is 1.20 bits per heavy atom. The van der Waals surface area contributed by atoms with Gasteiger partial charge in [0.1, 0.15) is 6.04 Å². The summed E-state index contributed by atoms with van der Waals surface area (Å²) in [5.74, 6) is 0.596. The quantitative estimate of drug-likeness (QED) is 0.790. The minimum absolute atomic E-state index is 0.277. The Bertz CT molecular complexity index is 932. The second kappa shape index (κ2) is 5.79. The Labute approximate surface area is 145 Å². The molecule has 128 valence electrons. The van der Waals surface area contributed by atoms with Crippen LogP contribution in [0.4, 0.5) is 11.6 Å². The maximum atomic E-state index is 5.27. The Morgan fingerprint density at radius 3 is 2.96 bits per heavy atom. The van der Waals surface area contributed by atoms with E-state index in [1.165, 1.54) is 11.1 Å². The molecule has 1 fully saturated rings. The Balaban J connectivity index is 1.44. The summed E-state index contributed by atoms with van der Waals surface area (Å²) in [5.41, 5.74) is 4.68. The van der Waals surface area contributed by atoms with E-state index in [-0.39, 0.29) is 6.04 Å². The predicted octanol–water partition coefficient (Wildman–Crippen LogP) is 2.13. The third-order valence-electron chi connectivity index (χ3n) is 4.97. The first kappa shape index (κ1) is 14.8. The summed E-state index contributed by atoms with van der Waals surface area (Å²) in [4.78, 5) is 11.4. The summed E-state index contributed by atoms with van der Waals surface area (Å²) in [6.07, 6.45) is 4.74. The molecule has 4 heterocycles. The van der Waals surface area contributed by atoms with Gasteiger partial charge in [-0.25, -0.2) is 9.67 Å². The van der Waals surface area contributed by atoms with Crippen LogP contribution in [0.1, 0.15) is 17.2 Å². The molecule has 7 heteroatoms. The van der Waals surface area contributed by atoms with E-state index in [1.807, 2.05) is 17.1 Å². The van der Waals surface area contributed by atoms with Crippen molar-refractivity contribution in [2.24, 2.45) is 0 Å². The number of rotatable bonds is 3. The standard InChI is InChI=1S/C18H20N6O/c1-23-5-4-12-2-3-15(6-13(12)9-23)21-18-19-7-14-8-20-24(17(14)22-18)16-10-25-11-16/h2-3,6-8,16H,4-5,9-11H2,1H3,(H,19,21,22). The van der Waals surface area contributed by atoms with Gasteiger partial charge in [-0.2, -0.15) is 10.1 Å². The van der Waals surface area contributed by atoms with Crippen molar-refractivity contribution < 1.29 is 4.74 Å². The third kappa shape index (κ3) is 2.65. The van der Waals surface area contributed by atoms with Gasteiger partial charge in [0, 0.05) is 25.0 Å². The van der Waals surface area contributed by atoms with E-state index in [4.69, 9.17) is 4.74 Å². The highest BCUT2D eigenvalue weighted by Crippen LogP contribution is 2.25. The van der Waals surface area contributed by atoms with Gasteiger partial charge in [-0.1, -0.05) is 6.07 Å². The Morgan fingerprint density at radius 2 is 2.12 bits per heavy atom. The van der Waals surface area contributed by atoms with Crippen LogP contribution in [0.5, 0.6) is 0 Å². The van der Waals surface area contributed by atoms with Gasteiger partial charge in [0.15, 0.2) is 5.65 Å². The summed E-state index contributed by atoms with van der Waals surface area (Å²) in [6, 6.07) is 6.79. The Kier molecular flexibility index (Phi) is 3.43. The van der Waals surface area contributed by atoms with Crippen molar-refractivity contribution >= 4 is 22.7 Å². The van der Waals surface area contributed by atoms with Gasteiger partial charge in [-0.15, -0.1) is 0 Å². The van der Waals surface area contributed by atoms with Crippen LogP contribution in [0.2, 0.25) is 0 Å². The van der Waals surface area contributed by atoms with E-state index in [1.54, 1.807) is 0 Å². The molecule has 7 nitrogen and oxygen atoms in total. The van der Waals surface area contributed by atoms with Crippen LogP contribution in [0, 0.1) is 0 Å². The van der Waals surface area contributed by atoms with E-state index in [0.29, 0.717) is 19.2 Å². The Hall–Kier alpha value is -2.51. The first-order valence-corrected chi connectivity index (χ1v) is 8.62. The van der Waals surface area contributed by atoms with Crippen LogP contribution in [-0.2, 0) is 17.7 Å². The van der Waals surface area contributed by atoms with Crippen LogP contribution >= 0.6 is 0 Å². The zero-order valence-corrected chi connectivity index (χ0v) is 14.1. The third-order valence-corrected chi connectivity index (χ3v) is 4.97. The minimum Gasteiger partial charge on any atom is -0.377 e. The number of ether oxygens (including phenoxy) is 1. The van der Waals surface area contributed by atoms with Crippen molar-refractivity contribution in [3.05, 3.63) is 41.7 Å². The number of likely N-dealkylation sites (N-methyl/N-ethyl adjacent to an activating group) is 1. The molecule has 2 aromatic heterocycles. The van der Waals surface area contributed by atoms with E-state index in [2.05, 4.69) is 50.5 Å². The highest BCUT2D eigenvalue weighted by molar-refractivity contribution is 5.75. The first-order chi connectivity index (χ1) is 12.3. The van der Waals surface area contributed by atoms with Gasteiger partial charge in [-0.3, -0.25) is 0 Å². The molecule has 2 aliphatic heterocycles. The van der Waals surface area contributed by atoms with Gasteiger partial charge in [0.05, 0.1) is 24.8 Å². The molecule has 1 aromatic carbocycles. The minimum atomic E-state index is 0.277. The van der Waals surface area contributed by atoms with Crippen molar-refractivity contribution in [3.63, 3.8) is 0 Å². The van der Waals surface area contributed by atoms with E-state index >= 15 is 0 Å². The average Bonchev–Trinajstić information content (AvgIpc) is 2.96. The molecule has 0 bridgehead atoms. The molecular formula is C18H20N6O. The van der Waals surface area contributed by atoms with Gasteiger partial charge in [0.25, 0.3) is 0 Å². The molecule has 0 amide bonds. The number of nitrogens with one attached hydrogen (secondary N) is 1. The van der Waals surface area contributed by atoms with Gasteiger partial charge in [0.2, 0.25) is 5.95 Å². The smallest absolute Gasteiger partial charge is 0.229 e. The highest BCUT2D eigenvalue weighted by atomic mass is 16.5. The van der Waals surface area contributed by atoms with Crippen LogP contribution < -0.4 is 5.32 Å². The van der Waals surface area contributed by atoms with Gasteiger partial charge < -0.3 is 15.0 Å². The van der Waals surface area contributed by atoms with Gasteiger partial charge in [-0.05, 0) is 36.7 Å². The molecular weight excluding hydrogens is 316 g/mol. The topological polar surface area (TPSA) is 68.1 Å². The molecule has 0 aliphatic carbocycles. The molecule has 3 aromatic rings. The summed E-state index contributed by atoms with van der Waals surface area (Å²) in [5, 5.41) is 8.72. The normalized spacial score (nSPS) is 18.1. The zero-order valence-electron chi connectivity index (χ0n) is 14.1. The van der Waals surface area contributed by atoms with Gasteiger partial charge >= 0.3 is 0 Å². The molecule has 2 aliphatic rings. The fourth-order valence-electron chi connectivity index (χ4n) is 3.43. The number of hydrogen-bond donors (Lipinski definition) is 1. The fourth-order valence-corrected chi connectivity index (χ4v) is 3.43. The van der Waals surface area contributed by atoms with E-state index in [0.717, 1.165) is 36.2 Å². The summed E-state index contributed by atoms with van der Waals surface area (Å²) in [7, 11) is 2.16. The lowest BCUT2D eigenvalue weighted by Crippen LogP contribution is -2.31. The zero-order chi connectivity index (χ0) is 16.8. The number of aromatic nitrogens is 4. The lowest BCUT2D eigenvalue weighted by atomic mass is 9.99. The summed E-state index contributed by atoms with van der Waals surface area (Å²) < 4.78 is 7.21. The lowest BCUT2D eigenvalue weighted by molar-refractivity contribution is -0.0269. The SMILES string of the molecule is CN1CCc2ccc(Nc3ncc4cnn(C5COC5)c4n3)cc2C1. The van der Waals surface area contributed by atoms with Crippen LogP contribution in [0.3, 0.4) is 0 Å². The largest absolute Gasteiger partial charge is 0.377 e. The maximum absolute atomic E-state index is 5.27.